The van der Waals surface area contributed by atoms with Crippen LogP contribution in [-0.4, -0.2) is 30.3 Å². The summed E-state index contributed by atoms with van der Waals surface area (Å²) in [6.07, 6.45) is 0. The molecule has 0 unspecified atom stereocenters. The fourth-order valence-electron chi connectivity index (χ4n) is 0.133. The van der Waals surface area contributed by atoms with Gasteiger partial charge in [0.15, 0.2) is 0 Å². The topological polar surface area (TPSA) is 107 Å². The van der Waals surface area contributed by atoms with Gasteiger partial charge in [0, 0.05) is 0 Å². The van der Waals surface area contributed by atoms with Crippen molar-refractivity contribution in [3.8, 4) is 0 Å². The molecule has 8 heavy (non-hydrogen) atoms. The largest absolute Gasteiger partial charge is 0.565 e. The Morgan fingerprint density at radius 3 is 1.75 bits per heavy atom. The summed E-state index contributed by atoms with van der Waals surface area (Å²) in [7, 11) is -6.72. The summed E-state index contributed by atoms with van der Waals surface area (Å²) in [5, 5.41) is 15.6. The van der Waals surface area contributed by atoms with E-state index >= 15 is 0 Å². The van der Waals surface area contributed by atoms with Gasteiger partial charge in [0.05, 0.1) is 0 Å². The van der Waals surface area contributed by atoms with Crippen LogP contribution in [0.1, 0.15) is 0 Å². The zero-order valence-corrected chi connectivity index (χ0v) is 4.46. The highest BCUT2D eigenvalue weighted by atomic mass is 32.2. The third kappa shape index (κ3) is 5.85. The van der Waals surface area contributed by atoms with Gasteiger partial charge in [0.2, 0.25) is 0 Å². The highest BCUT2D eigenvalue weighted by Gasteiger charge is 2.14. The van der Waals surface area contributed by atoms with Crippen LogP contribution in [0, 0.1) is 0 Å². The van der Waals surface area contributed by atoms with Crippen LogP contribution in [0.25, 0.3) is 0 Å². The van der Waals surface area contributed by atoms with Crippen molar-refractivity contribution in [3.63, 3.8) is 0 Å². The van der Waals surface area contributed by atoms with E-state index in [-0.39, 0.29) is 0 Å². The van der Waals surface area contributed by atoms with E-state index in [1.807, 2.05) is 0 Å². The lowest BCUT2D eigenvalue weighted by molar-refractivity contribution is 0.392. The average molecular weight is 141 g/mol. The normalized spacial score (nSPS) is 11.4. The standard InChI is InChI=1S/BH4NO5S/c3-1(4)2-8(5,6)7/h2-4H,(H,5,6,7). The molecule has 0 fully saturated rings. The molecular formula is H4BNO5S. The summed E-state index contributed by atoms with van der Waals surface area (Å²) in [6.45, 7) is 0. The monoisotopic (exact) mass is 141 g/mol. The van der Waals surface area contributed by atoms with Crippen LogP contribution in [0.2, 0.25) is 0 Å². The first kappa shape index (κ1) is 7.85. The molecule has 48 valence electrons. The number of nitrogens with one attached hydrogen (secondary N) is 1. The molecule has 0 aliphatic rings. The maximum Gasteiger partial charge on any atom is 0.565 e. The number of hydrogen-bond acceptors (Lipinski definition) is 4. The van der Waals surface area contributed by atoms with E-state index in [2.05, 4.69) is 0 Å². The second-order valence-electron chi connectivity index (χ2n) is 0.967. The Morgan fingerprint density at radius 1 is 1.38 bits per heavy atom. The second-order valence-corrected chi connectivity index (χ2v) is 2.15. The van der Waals surface area contributed by atoms with E-state index in [4.69, 9.17) is 14.6 Å². The van der Waals surface area contributed by atoms with Gasteiger partial charge in [-0.2, -0.15) is 13.1 Å². The fourth-order valence-corrected chi connectivity index (χ4v) is 0.400. The minimum Gasteiger partial charge on any atom is -0.412 e. The van der Waals surface area contributed by atoms with Crippen LogP contribution in [0.4, 0.5) is 0 Å². The maximum atomic E-state index is 9.57. The lowest BCUT2D eigenvalue weighted by Crippen LogP contribution is -2.38. The van der Waals surface area contributed by atoms with Crippen LogP contribution < -0.4 is 4.63 Å². The van der Waals surface area contributed by atoms with Gasteiger partial charge in [-0.15, -0.1) is 0 Å². The summed E-state index contributed by atoms with van der Waals surface area (Å²) in [6, 6.07) is 0. The third-order valence-corrected chi connectivity index (χ3v) is 0.763. The van der Waals surface area contributed by atoms with Gasteiger partial charge in [0.25, 0.3) is 0 Å². The van der Waals surface area contributed by atoms with Crippen LogP contribution in [-0.2, 0) is 10.3 Å². The maximum absolute atomic E-state index is 9.57. The summed E-state index contributed by atoms with van der Waals surface area (Å²) in [5.74, 6) is 0. The molecule has 0 spiro atoms. The third-order valence-electron chi connectivity index (χ3n) is 0.254. The fraction of sp³-hybridized carbons (Fsp3) is 0. The van der Waals surface area contributed by atoms with Gasteiger partial charge in [0.1, 0.15) is 0 Å². The van der Waals surface area contributed by atoms with E-state index in [0.717, 1.165) is 4.63 Å². The molecule has 0 heterocycles. The highest BCUT2D eigenvalue weighted by Crippen LogP contribution is 1.69. The van der Waals surface area contributed by atoms with E-state index in [9.17, 15) is 8.42 Å². The Labute approximate surface area is 46.2 Å². The lowest BCUT2D eigenvalue weighted by Gasteiger charge is -1.93. The molecule has 0 amide bonds. The SMILES string of the molecule is O=S(=O)(O)NB(O)O. The predicted molar refractivity (Wildman–Crippen MR) is 24.9 cm³/mol. The van der Waals surface area contributed by atoms with E-state index in [1.54, 1.807) is 0 Å². The Hall–Kier alpha value is -0.145. The second kappa shape index (κ2) is 2.42. The highest BCUT2D eigenvalue weighted by molar-refractivity contribution is 7.84. The zero-order chi connectivity index (χ0) is 6.78. The Balaban J connectivity index is 3.75. The van der Waals surface area contributed by atoms with Crippen molar-refractivity contribution in [2.24, 2.45) is 0 Å². The smallest absolute Gasteiger partial charge is 0.412 e. The van der Waals surface area contributed by atoms with Crippen molar-refractivity contribution < 1.29 is 23.0 Å². The van der Waals surface area contributed by atoms with Gasteiger partial charge in [-0.1, -0.05) is 0 Å². The first-order chi connectivity index (χ1) is 3.42. The summed E-state index contributed by atoms with van der Waals surface area (Å²) < 4.78 is 27.9. The summed E-state index contributed by atoms with van der Waals surface area (Å²) >= 11 is 0. The first-order valence-corrected chi connectivity index (χ1v) is 2.97. The molecule has 4 N–H and O–H groups in total. The predicted octanol–water partition coefficient (Wildman–Crippen LogP) is -2.65. The Bertz CT molecular complexity index is 146. The van der Waals surface area contributed by atoms with E-state index in [1.165, 1.54) is 0 Å². The van der Waals surface area contributed by atoms with Crippen LogP contribution in [0.3, 0.4) is 0 Å². The van der Waals surface area contributed by atoms with E-state index in [0.29, 0.717) is 0 Å². The van der Waals surface area contributed by atoms with E-state index < -0.39 is 17.6 Å². The average Bonchev–Trinajstić information content (AvgIpc) is 1.21. The van der Waals surface area contributed by atoms with Crippen LogP contribution >= 0.6 is 0 Å². The number of hydrogen-bond donors (Lipinski definition) is 4. The van der Waals surface area contributed by atoms with Gasteiger partial charge in [-0.3, -0.25) is 4.55 Å². The zero-order valence-electron chi connectivity index (χ0n) is 3.64. The van der Waals surface area contributed by atoms with Crippen molar-refractivity contribution >= 4 is 17.6 Å². The number of rotatable bonds is 2. The van der Waals surface area contributed by atoms with Gasteiger partial charge >= 0.3 is 17.6 Å². The quantitative estimate of drug-likeness (QED) is 0.248. The first-order valence-electron chi connectivity index (χ1n) is 1.53. The van der Waals surface area contributed by atoms with Gasteiger partial charge in [-0.25, -0.2) is 0 Å². The molecule has 0 rings (SSSR count). The van der Waals surface area contributed by atoms with Crippen LogP contribution in [0.5, 0.6) is 0 Å². The Kier molecular flexibility index (Phi) is 2.38. The molecule has 0 aromatic rings. The van der Waals surface area contributed by atoms with Crippen molar-refractivity contribution in [2.45, 2.75) is 0 Å². The lowest BCUT2D eigenvalue weighted by atomic mass is 10.2. The minimum absolute atomic E-state index is 1.02. The molecule has 0 atom stereocenters. The molecular weight excluding hydrogens is 137 g/mol. The van der Waals surface area contributed by atoms with Gasteiger partial charge in [-0.05, 0) is 0 Å². The molecule has 0 saturated carbocycles. The molecule has 0 aromatic heterocycles. The molecule has 0 aromatic carbocycles. The van der Waals surface area contributed by atoms with Crippen molar-refractivity contribution in [1.29, 1.82) is 0 Å². The Morgan fingerprint density at radius 2 is 1.75 bits per heavy atom. The van der Waals surface area contributed by atoms with Crippen LogP contribution in [0.15, 0.2) is 0 Å². The van der Waals surface area contributed by atoms with Crippen molar-refractivity contribution in [1.82, 2.24) is 4.63 Å². The van der Waals surface area contributed by atoms with Gasteiger partial charge < -0.3 is 10.0 Å². The molecule has 0 bridgehead atoms. The summed E-state index contributed by atoms with van der Waals surface area (Å²) in [5.41, 5.74) is 0. The minimum atomic E-state index is -4.47. The molecule has 0 radical (unpaired) electrons. The molecule has 0 aliphatic carbocycles. The molecule has 8 heteroatoms. The van der Waals surface area contributed by atoms with Crippen molar-refractivity contribution in [3.05, 3.63) is 0 Å². The van der Waals surface area contributed by atoms with Crippen molar-refractivity contribution in [2.75, 3.05) is 0 Å². The molecule has 0 saturated heterocycles. The molecule has 6 nitrogen and oxygen atoms in total. The summed E-state index contributed by atoms with van der Waals surface area (Å²) in [4.78, 5) is 0. The molecule has 0 aliphatic heterocycles.